The lowest BCUT2D eigenvalue weighted by Crippen LogP contribution is -2.48. The van der Waals surface area contributed by atoms with Crippen LogP contribution in [-0.4, -0.2) is 53.8 Å². The maximum atomic E-state index is 13.1. The zero-order chi connectivity index (χ0) is 25.6. The van der Waals surface area contributed by atoms with Gasteiger partial charge in [0, 0.05) is 34.4 Å². The van der Waals surface area contributed by atoms with Gasteiger partial charge >= 0.3 is 0 Å². The topological polar surface area (TPSA) is 96.8 Å². The second kappa shape index (κ2) is 13.8. The van der Waals surface area contributed by atoms with Crippen LogP contribution in [0.1, 0.15) is 96.3 Å². The summed E-state index contributed by atoms with van der Waals surface area (Å²) in [4.78, 5) is 23.9. The zero-order valence-corrected chi connectivity index (χ0v) is 23.5. The molecule has 8 unspecified atom stereocenters. The number of thioether (sulfide) groups is 1. The molecule has 0 bridgehead atoms. The van der Waals surface area contributed by atoms with E-state index in [0.29, 0.717) is 65.4 Å². The second-order valence-corrected chi connectivity index (χ2v) is 14.0. The molecular formula is C30H50N2O4S. The normalized spacial score (nSPS) is 42.9. The van der Waals surface area contributed by atoms with Crippen molar-refractivity contribution >= 4 is 17.5 Å². The van der Waals surface area contributed by atoms with Crippen LogP contribution >= 0.6 is 11.8 Å². The van der Waals surface area contributed by atoms with Crippen molar-refractivity contribution in [2.75, 3.05) is 13.2 Å². The number of carbonyl (C=O) groups is 1. The molecule has 0 aromatic heterocycles. The molecule has 5 aliphatic rings. The van der Waals surface area contributed by atoms with E-state index in [1.807, 2.05) is 0 Å². The number of ether oxygens (including phenoxy) is 1. The first-order chi connectivity index (χ1) is 18.1. The highest BCUT2D eigenvalue weighted by Crippen LogP contribution is 2.49. The molecule has 0 spiro atoms. The maximum absolute atomic E-state index is 13.1. The number of fused-ring (bicyclic) bond motifs is 2. The van der Waals surface area contributed by atoms with Crippen LogP contribution in [0.25, 0.3) is 0 Å². The molecule has 5 fully saturated rings. The van der Waals surface area contributed by atoms with Gasteiger partial charge in [-0.05, 0) is 95.3 Å². The van der Waals surface area contributed by atoms with Gasteiger partial charge < -0.3 is 16.2 Å². The molecule has 4 saturated carbocycles. The lowest BCUT2D eigenvalue weighted by molar-refractivity contribution is -0.288. The van der Waals surface area contributed by atoms with Crippen molar-refractivity contribution < 1.29 is 19.3 Å². The van der Waals surface area contributed by atoms with Crippen LogP contribution in [0.5, 0.6) is 0 Å². The predicted octanol–water partition coefficient (Wildman–Crippen LogP) is 5.32. The molecule has 37 heavy (non-hydrogen) atoms. The molecule has 5 rings (SSSR count). The Morgan fingerprint density at radius 1 is 0.811 bits per heavy atom. The summed E-state index contributed by atoms with van der Waals surface area (Å²) in [5.74, 6) is 2.38. The van der Waals surface area contributed by atoms with Gasteiger partial charge in [-0.25, -0.2) is 9.78 Å². The van der Waals surface area contributed by atoms with Gasteiger partial charge in [-0.3, -0.25) is 4.79 Å². The summed E-state index contributed by atoms with van der Waals surface area (Å²) in [5, 5.41) is 1.09. The van der Waals surface area contributed by atoms with E-state index in [1.54, 1.807) is 0 Å². The van der Waals surface area contributed by atoms with Crippen LogP contribution in [0.3, 0.4) is 0 Å². The van der Waals surface area contributed by atoms with Gasteiger partial charge in [-0.2, -0.15) is 11.8 Å². The Bertz CT molecular complexity index is 758. The quantitative estimate of drug-likeness (QED) is 0.179. The minimum Gasteiger partial charge on any atom is -0.375 e. The number of hydrogen-bond acceptors (Lipinski definition) is 7. The largest absolute Gasteiger partial charge is 0.375 e. The first kappa shape index (κ1) is 28.1. The fraction of sp³-hybridized carbons (Fsp3) is 0.900. The van der Waals surface area contributed by atoms with Crippen LogP contribution in [0.2, 0.25) is 0 Å². The molecule has 7 heteroatoms. The van der Waals surface area contributed by atoms with Crippen molar-refractivity contribution in [1.29, 1.82) is 0 Å². The fourth-order valence-corrected chi connectivity index (χ4v) is 9.72. The van der Waals surface area contributed by atoms with Crippen LogP contribution in [0, 0.1) is 23.7 Å². The second-order valence-electron chi connectivity index (χ2n) is 12.5. The third-order valence-corrected chi connectivity index (χ3v) is 11.7. The SMILES string of the molecule is NC1CCC(CCOOCC=CC2CCC(OC3CCC4C(=O)C5CCCCC5SC4C3)CC2)C(N)C1. The first-order valence-corrected chi connectivity index (χ1v) is 16.3. The van der Waals surface area contributed by atoms with Crippen LogP contribution in [-0.2, 0) is 19.3 Å². The molecular weight excluding hydrogens is 484 g/mol. The first-order valence-electron chi connectivity index (χ1n) is 15.3. The number of carbonyl (C=O) groups excluding carboxylic acids is 1. The van der Waals surface area contributed by atoms with Crippen molar-refractivity contribution in [2.24, 2.45) is 35.1 Å². The van der Waals surface area contributed by atoms with E-state index in [0.717, 1.165) is 64.2 Å². The monoisotopic (exact) mass is 534 g/mol. The average molecular weight is 535 g/mol. The van der Waals surface area contributed by atoms with Gasteiger partial charge in [0.05, 0.1) is 18.8 Å². The summed E-state index contributed by atoms with van der Waals surface area (Å²) in [6.45, 7) is 1.10. The third kappa shape index (κ3) is 7.61. The van der Waals surface area contributed by atoms with Crippen LogP contribution < -0.4 is 11.5 Å². The predicted molar refractivity (Wildman–Crippen MR) is 149 cm³/mol. The molecule has 210 valence electrons. The minimum atomic E-state index is 0.195. The van der Waals surface area contributed by atoms with E-state index in [2.05, 4.69) is 23.9 Å². The zero-order valence-electron chi connectivity index (χ0n) is 22.6. The molecule has 0 aromatic rings. The summed E-state index contributed by atoms with van der Waals surface area (Å²) < 4.78 is 6.62. The van der Waals surface area contributed by atoms with E-state index >= 15 is 0 Å². The highest BCUT2D eigenvalue weighted by molar-refractivity contribution is 8.00. The molecule has 1 aliphatic heterocycles. The van der Waals surface area contributed by atoms with Crippen LogP contribution in [0.15, 0.2) is 12.2 Å². The standard InChI is InChI=1S/C30H50N2O4S/c31-22-10-9-21(27(32)18-22)15-17-35-34-16-3-4-20-7-11-23(12-8-20)36-24-13-14-26-29(19-24)37-28-6-2-1-5-25(28)30(26)33/h3-4,20-29H,1-2,5-19,31-32H2. The number of Topliss-reactive ketones (excluding diaryl/α,β-unsaturated/α-hetero) is 1. The van der Waals surface area contributed by atoms with E-state index in [9.17, 15) is 4.79 Å². The lowest BCUT2D eigenvalue weighted by Gasteiger charge is -2.46. The highest BCUT2D eigenvalue weighted by atomic mass is 32.2. The van der Waals surface area contributed by atoms with Gasteiger partial charge in [-0.15, -0.1) is 0 Å². The van der Waals surface area contributed by atoms with Gasteiger partial charge in [0.1, 0.15) is 12.4 Å². The van der Waals surface area contributed by atoms with Gasteiger partial charge in [0.15, 0.2) is 0 Å². The Kier molecular flexibility index (Phi) is 10.5. The summed E-state index contributed by atoms with van der Waals surface area (Å²) in [7, 11) is 0. The van der Waals surface area contributed by atoms with Gasteiger partial charge in [0.25, 0.3) is 0 Å². The maximum Gasteiger partial charge on any atom is 0.141 e. The Morgan fingerprint density at radius 3 is 2.43 bits per heavy atom. The van der Waals surface area contributed by atoms with Crippen molar-refractivity contribution in [3.05, 3.63) is 12.2 Å². The molecule has 0 radical (unpaired) electrons. The van der Waals surface area contributed by atoms with Crippen LogP contribution in [0.4, 0.5) is 0 Å². The highest BCUT2D eigenvalue weighted by Gasteiger charge is 2.47. The molecule has 8 atom stereocenters. The fourth-order valence-electron chi connectivity index (χ4n) is 7.72. The smallest absolute Gasteiger partial charge is 0.141 e. The van der Waals surface area contributed by atoms with E-state index < -0.39 is 0 Å². The lowest BCUT2D eigenvalue weighted by atomic mass is 9.74. The average Bonchev–Trinajstić information content (AvgIpc) is 2.90. The van der Waals surface area contributed by atoms with Crippen molar-refractivity contribution in [1.82, 2.24) is 0 Å². The van der Waals surface area contributed by atoms with E-state index in [1.165, 1.54) is 32.1 Å². The number of ketones is 1. The van der Waals surface area contributed by atoms with E-state index in [4.69, 9.17) is 26.0 Å². The number of hydrogen-bond donors (Lipinski definition) is 2. The number of nitrogens with two attached hydrogens (primary N) is 2. The molecule has 6 nitrogen and oxygen atoms in total. The molecule has 1 heterocycles. The number of rotatable bonds is 9. The van der Waals surface area contributed by atoms with Gasteiger partial charge in [0.2, 0.25) is 0 Å². The third-order valence-electron chi connectivity index (χ3n) is 9.95. The summed E-state index contributed by atoms with van der Waals surface area (Å²) in [6.07, 6.45) is 22.0. The van der Waals surface area contributed by atoms with Crippen molar-refractivity contribution in [3.63, 3.8) is 0 Å². The Morgan fingerprint density at radius 2 is 1.59 bits per heavy atom. The Hall–Kier alpha value is -0.440. The van der Waals surface area contributed by atoms with Gasteiger partial charge in [-0.1, -0.05) is 25.0 Å². The molecule has 4 aliphatic carbocycles. The Labute approximate surface area is 228 Å². The molecule has 1 saturated heterocycles. The number of allylic oxidation sites excluding steroid dienone is 1. The molecule has 0 aromatic carbocycles. The van der Waals surface area contributed by atoms with E-state index in [-0.39, 0.29) is 12.1 Å². The van der Waals surface area contributed by atoms with Crippen molar-refractivity contribution in [2.45, 2.75) is 131 Å². The minimum absolute atomic E-state index is 0.195. The summed E-state index contributed by atoms with van der Waals surface area (Å²) in [6, 6.07) is 0.461. The Balaban J connectivity index is 0.933. The summed E-state index contributed by atoms with van der Waals surface area (Å²) >= 11 is 2.15. The summed E-state index contributed by atoms with van der Waals surface area (Å²) in [5.41, 5.74) is 12.2. The molecule has 4 N–H and O–H groups in total. The van der Waals surface area contributed by atoms with Crippen molar-refractivity contribution in [3.8, 4) is 0 Å². The molecule has 0 amide bonds.